The molecule has 0 aliphatic carbocycles. The molecule has 0 radical (unpaired) electrons. The van der Waals surface area contributed by atoms with Crippen molar-refractivity contribution in [2.45, 2.75) is 70.5 Å². The largest absolute Gasteiger partial charge is 0.407 e. The lowest BCUT2D eigenvalue weighted by Gasteiger charge is -2.48. The summed E-state index contributed by atoms with van der Waals surface area (Å²) in [5.74, 6) is 0.173. The molecule has 5 rings (SSSR count). The lowest BCUT2D eigenvalue weighted by atomic mass is 9.75. The van der Waals surface area contributed by atoms with E-state index >= 15 is 0 Å². The van der Waals surface area contributed by atoms with Crippen molar-refractivity contribution in [2.24, 2.45) is 5.92 Å². The van der Waals surface area contributed by atoms with Crippen LogP contribution in [-0.4, -0.2) is 31.8 Å². The molecule has 44 heavy (non-hydrogen) atoms. The van der Waals surface area contributed by atoms with Gasteiger partial charge >= 0.3 is 0 Å². The molecule has 3 nitrogen and oxygen atoms in total. The van der Waals surface area contributed by atoms with E-state index < -0.39 is 8.32 Å². The highest BCUT2D eigenvalue weighted by molar-refractivity contribution is 6.99. The van der Waals surface area contributed by atoms with E-state index in [0.717, 1.165) is 24.0 Å². The maximum Gasteiger partial charge on any atom is 0.261 e. The third-order valence-electron chi connectivity index (χ3n) is 9.20. The van der Waals surface area contributed by atoms with Crippen LogP contribution in [0.3, 0.4) is 0 Å². The molecule has 0 spiro atoms. The number of carbonyl (C=O) groups excluding carboxylic acids is 1. The zero-order chi connectivity index (χ0) is 31.5. The third kappa shape index (κ3) is 6.55. The van der Waals surface area contributed by atoms with E-state index in [2.05, 4.69) is 118 Å². The molecular formula is C38H43Cl2NO2Si. The van der Waals surface area contributed by atoms with E-state index in [1.807, 2.05) is 30.3 Å². The van der Waals surface area contributed by atoms with Gasteiger partial charge in [-0.05, 0) is 70.6 Å². The van der Waals surface area contributed by atoms with Crippen LogP contribution >= 0.6 is 23.2 Å². The smallest absolute Gasteiger partial charge is 0.261 e. The maximum absolute atomic E-state index is 14.1. The highest BCUT2D eigenvalue weighted by Crippen LogP contribution is 2.47. The molecule has 4 aromatic rings. The van der Waals surface area contributed by atoms with E-state index in [1.165, 1.54) is 10.4 Å². The first-order valence-electron chi connectivity index (χ1n) is 15.6. The molecule has 0 N–H and O–H groups in total. The molecule has 1 aliphatic rings. The van der Waals surface area contributed by atoms with Gasteiger partial charge in [0.2, 0.25) is 5.91 Å². The van der Waals surface area contributed by atoms with Crippen LogP contribution in [0.2, 0.25) is 15.1 Å². The summed E-state index contributed by atoms with van der Waals surface area (Å²) in [7, 11) is -2.69. The first kappa shape index (κ1) is 32.5. The second-order valence-corrected chi connectivity index (χ2v) is 18.4. The summed E-state index contributed by atoms with van der Waals surface area (Å²) < 4.78 is 7.24. The molecule has 4 aromatic carbocycles. The lowest BCUT2D eigenvalue weighted by Crippen LogP contribution is -2.66. The number of hydrogen-bond donors (Lipinski definition) is 0. The maximum atomic E-state index is 14.1. The van der Waals surface area contributed by atoms with Crippen LogP contribution in [0.4, 0.5) is 0 Å². The fourth-order valence-electron chi connectivity index (χ4n) is 7.08. The van der Waals surface area contributed by atoms with Gasteiger partial charge in [0.05, 0.1) is 6.04 Å². The fourth-order valence-corrected chi connectivity index (χ4v) is 12.0. The van der Waals surface area contributed by atoms with Crippen LogP contribution in [0.25, 0.3) is 0 Å². The molecule has 1 heterocycles. The monoisotopic (exact) mass is 643 g/mol. The molecule has 4 atom stereocenters. The number of hydrogen-bond acceptors (Lipinski definition) is 2. The van der Waals surface area contributed by atoms with Gasteiger partial charge in [0.25, 0.3) is 8.32 Å². The number of rotatable bonds is 9. The molecule has 0 saturated carbocycles. The molecule has 1 fully saturated rings. The summed E-state index contributed by atoms with van der Waals surface area (Å²) in [5.41, 5.74) is 2.23. The van der Waals surface area contributed by atoms with Crippen LogP contribution in [0, 0.1) is 5.92 Å². The van der Waals surface area contributed by atoms with Crippen LogP contribution in [-0.2, 0) is 9.22 Å². The average Bonchev–Trinajstić information content (AvgIpc) is 3.01. The standard InChI is InChI=1S/C38H43Cl2NO2Si/c1-27-25-35(30-13-12-14-32(40)26-30)36(29-19-21-31(39)22-20-29)41(37(27)42)28(2)23-24-43-44(38(3,4)5,33-15-8-6-9-16-33)34-17-10-7-11-18-34/h6-22,26-28,35-36H,23-25H2,1-5H3/t27?,28-,35?,36?/m0/s1. The molecule has 1 amide bonds. The predicted octanol–water partition coefficient (Wildman–Crippen LogP) is 9.04. The Labute approximate surface area is 274 Å². The molecule has 6 heteroatoms. The summed E-state index contributed by atoms with van der Waals surface area (Å²) in [6, 6.07) is 37.3. The Bertz CT molecular complexity index is 1500. The summed E-state index contributed by atoms with van der Waals surface area (Å²) in [5, 5.41) is 3.79. The minimum absolute atomic E-state index is 0.0502. The SMILES string of the molecule is CC1CC(c2cccc(Cl)c2)C(c2ccc(Cl)cc2)N([C@@H](C)CCO[Si](c2ccccc2)(c2ccccc2)C(C)(C)C)C1=O. The summed E-state index contributed by atoms with van der Waals surface area (Å²) in [4.78, 5) is 16.2. The highest BCUT2D eigenvalue weighted by Gasteiger charge is 2.50. The van der Waals surface area contributed by atoms with Crippen molar-refractivity contribution in [3.8, 4) is 0 Å². The van der Waals surface area contributed by atoms with Crippen LogP contribution in [0.1, 0.15) is 70.5 Å². The van der Waals surface area contributed by atoms with E-state index in [9.17, 15) is 4.79 Å². The summed E-state index contributed by atoms with van der Waals surface area (Å²) in [6.45, 7) is 11.7. The molecule has 0 aromatic heterocycles. The van der Waals surface area contributed by atoms with Gasteiger partial charge < -0.3 is 9.33 Å². The highest BCUT2D eigenvalue weighted by atomic mass is 35.5. The zero-order valence-electron chi connectivity index (χ0n) is 26.3. The Kier molecular flexibility index (Phi) is 10.1. The van der Waals surface area contributed by atoms with E-state index in [-0.39, 0.29) is 34.9 Å². The number of likely N-dealkylation sites (tertiary alicyclic amines) is 1. The van der Waals surface area contributed by atoms with Crippen molar-refractivity contribution in [1.29, 1.82) is 0 Å². The predicted molar refractivity (Wildman–Crippen MR) is 187 cm³/mol. The van der Waals surface area contributed by atoms with Gasteiger partial charge in [-0.15, -0.1) is 0 Å². The number of carbonyl (C=O) groups is 1. The van der Waals surface area contributed by atoms with Crippen molar-refractivity contribution in [3.05, 3.63) is 130 Å². The van der Waals surface area contributed by atoms with Gasteiger partial charge in [-0.2, -0.15) is 0 Å². The summed E-state index contributed by atoms with van der Waals surface area (Å²) in [6.07, 6.45) is 1.48. The minimum atomic E-state index is -2.69. The molecule has 3 unspecified atom stereocenters. The van der Waals surface area contributed by atoms with E-state index in [0.29, 0.717) is 16.7 Å². The number of halogens is 2. The Morgan fingerprint density at radius 1 is 0.818 bits per heavy atom. The third-order valence-corrected chi connectivity index (χ3v) is 14.7. The Balaban J connectivity index is 1.49. The van der Waals surface area contributed by atoms with Gasteiger partial charge in [-0.25, -0.2) is 0 Å². The van der Waals surface area contributed by atoms with Crippen molar-refractivity contribution in [1.82, 2.24) is 4.90 Å². The first-order valence-corrected chi connectivity index (χ1v) is 18.3. The molecule has 1 saturated heterocycles. The van der Waals surface area contributed by atoms with Gasteiger partial charge in [-0.1, -0.05) is 136 Å². The van der Waals surface area contributed by atoms with Gasteiger partial charge in [0.1, 0.15) is 0 Å². The molecular weight excluding hydrogens is 601 g/mol. The van der Waals surface area contributed by atoms with E-state index in [4.69, 9.17) is 27.6 Å². The van der Waals surface area contributed by atoms with Crippen LogP contribution in [0.5, 0.6) is 0 Å². The van der Waals surface area contributed by atoms with Crippen molar-refractivity contribution >= 4 is 47.8 Å². The van der Waals surface area contributed by atoms with Crippen molar-refractivity contribution in [3.63, 3.8) is 0 Å². The lowest BCUT2D eigenvalue weighted by molar-refractivity contribution is -0.145. The topological polar surface area (TPSA) is 29.5 Å². The number of piperidine rings is 1. The average molecular weight is 645 g/mol. The minimum Gasteiger partial charge on any atom is -0.407 e. The Hall–Kier alpha value is -2.89. The zero-order valence-corrected chi connectivity index (χ0v) is 28.9. The fraction of sp³-hybridized carbons (Fsp3) is 0.342. The van der Waals surface area contributed by atoms with Crippen LogP contribution < -0.4 is 10.4 Å². The van der Waals surface area contributed by atoms with Gasteiger partial charge in [0.15, 0.2) is 0 Å². The molecule has 230 valence electrons. The second-order valence-electron chi connectivity index (χ2n) is 13.2. The van der Waals surface area contributed by atoms with E-state index in [1.54, 1.807) is 0 Å². The second kappa shape index (κ2) is 13.6. The van der Waals surface area contributed by atoms with Crippen molar-refractivity contribution in [2.75, 3.05) is 6.61 Å². The Morgan fingerprint density at radius 3 is 1.95 bits per heavy atom. The first-order chi connectivity index (χ1) is 21.0. The Morgan fingerprint density at radius 2 is 1.41 bits per heavy atom. The number of amides is 1. The van der Waals surface area contributed by atoms with Gasteiger partial charge in [-0.3, -0.25) is 4.79 Å². The quantitative estimate of drug-likeness (QED) is 0.170. The summed E-state index contributed by atoms with van der Waals surface area (Å²) >= 11 is 12.8. The molecule has 0 bridgehead atoms. The van der Waals surface area contributed by atoms with Gasteiger partial charge in [0, 0.05) is 34.5 Å². The number of benzene rings is 4. The normalized spacial score (nSPS) is 20.0. The van der Waals surface area contributed by atoms with Crippen LogP contribution in [0.15, 0.2) is 109 Å². The van der Waals surface area contributed by atoms with Crippen molar-refractivity contribution < 1.29 is 9.22 Å². The molecule has 1 aliphatic heterocycles. The number of nitrogens with zero attached hydrogens (tertiary/aromatic N) is 1.